The van der Waals surface area contributed by atoms with Crippen molar-refractivity contribution in [2.75, 3.05) is 40.7 Å². The monoisotopic (exact) mass is 396 g/mol. The zero-order chi connectivity index (χ0) is 19.4. The Hall–Kier alpha value is -3.20. The Bertz CT molecular complexity index is 1010. The zero-order valence-corrected chi connectivity index (χ0v) is 16.0. The van der Waals surface area contributed by atoms with Crippen LogP contribution >= 0.6 is 0 Å². The van der Waals surface area contributed by atoms with Crippen LogP contribution in [0.2, 0.25) is 0 Å². The number of piperazine rings is 1. The molecular weight excluding hydrogens is 376 g/mol. The minimum atomic E-state index is -3.61. The third-order valence-electron chi connectivity index (χ3n) is 4.49. The summed E-state index contributed by atoms with van der Waals surface area (Å²) in [5.41, 5.74) is 0.434. The third-order valence-corrected chi connectivity index (χ3v) is 5.89. The normalized spacial score (nSPS) is 14.7. The van der Waals surface area contributed by atoms with Crippen molar-refractivity contribution < 1.29 is 8.42 Å². The number of anilines is 3. The summed E-state index contributed by atoms with van der Waals surface area (Å²) in [5.74, 6) is 1.55. The minimum Gasteiger partial charge on any atom is -0.353 e. The van der Waals surface area contributed by atoms with Crippen LogP contribution in [0.1, 0.15) is 0 Å². The van der Waals surface area contributed by atoms with Gasteiger partial charge in [-0.3, -0.25) is 4.72 Å². The number of aromatic nitrogens is 3. The molecule has 0 atom stereocenters. The highest BCUT2D eigenvalue weighted by Crippen LogP contribution is 2.20. The largest absolute Gasteiger partial charge is 0.353 e. The molecule has 3 aromatic rings. The van der Waals surface area contributed by atoms with Gasteiger partial charge in [0.15, 0.2) is 0 Å². The number of sulfonamides is 1. The van der Waals surface area contributed by atoms with Crippen LogP contribution in [0.15, 0.2) is 72.0 Å². The molecule has 4 rings (SSSR count). The maximum atomic E-state index is 12.4. The lowest BCUT2D eigenvalue weighted by Gasteiger charge is -2.35. The van der Waals surface area contributed by atoms with Crippen LogP contribution < -0.4 is 14.5 Å². The molecule has 1 aliphatic rings. The van der Waals surface area contributed by atoms with Crippen LogP contribution in [-0.2, 0) is 10.0 Å². The molecule has 0 radical (unpaired) electrons. The molecule has 1 aliphatic heterocycles. The average molecular weight is 396 g/mol. The molecule has 0 bridgehead atoms. The first-order valence-corrected chi connectivity index (χ1v) is 10.4. The fraction of sp³-hybridized carbons (Fsp3) is 0.211. The summed E-state index contributed by atoms with van der Waals surface area (Å²) in [6.07, 6.45) is 5.03. The molecule has 1 N–H and O–H groups in total. The lowest BCUT2D eigenvalue weighted by atomic mass is 10.3. The summed E-state index contributed by atoms with van der Waals surface area (Å²) in [5, 5.41) is 0. The Kier molecular flexibility index (Phi) is 5.07. The first-order chi connectivity index (χ1) is 13.6. The SMILES string of the molecule is O=S(=O)(Nc1ccc(N2CCN(c3ncccn3)CC2)nc1)c1ccccc1. The Morgan fingerprint density at radius 3 is 2.11 bits per heavy atom. The summed E-state index contributed by atoms with van der Waals surface area (Å²) in [4.78, 5) is 17.5. The molecule has 3 heterocycles. The number of hydrogen-bond donors (Lipinski definition) is 1. The molecule has 0 saturated carbocycles. The second-order valence-electron chi connectivity index (χ2n) is 6.35. The number of benzene rings is 1. The Labute approximate surface area is 163 Å². The van der Waals surface area contributed by atoms with E-state index in [1.54, 1.807) is 61.1 Å². The van der Waals surface area contributed by atoms with Crippen LogP contribution in [0, 0.1) is 0 Å². The predicted octanol–water partition coefficient (Wildman–Crippen LogP) is 2.00. The van der Waals surface area contributed by atoms with Gasteiger partial charge in [0.1, 0.15) is 5.82 Å². The van der Waals surface area contributed by atoms with Crippen molar-refractivity contribution in [1.29, 1.82) is 0 Å². The summed E-state index contributed by atoms with van der Waals surface area (Å²) in [6.45, 7) is 3.18. The maximum Gasteiger partial charge on any atom is 0.261 e. The molecule has 1 fully saturated rings. The Balaban J connectivity index is 1.39. The third kappa shape index (κ3) is 4.04. The van der Waals surface area contributed by atoms with E-state index in [9.17, 15) is 8.42 Å². The standard InChI is InChI=1S/C19H20N6O2S/c26-28(27,17-5-2-1-3-6-17)23-16-7-8-18(22-15-16)24-11-13-25(14-12-24)19-20-9-4-10-21-19/h1-10,15,23H,11-14H2. The molecule has 0 aliphatic carbocycles. The van der Waals surface area contributed by atoms with Gasteiger partial charge in [-0.15, -0.1) is 0 Å². The molecular formula is C19H20N6O2S. The molecule has 2 aromatic heterocycles. The first-order valence-electron chi connectivity index (χ1n) is 8.93. The minimum absolute atomic E-state index is 0.221. The second kappa shape index (κ2) is 7.81. The Morgan fingerprint density at radius 1 is 0.786 bits per heavy atom. The van der Waals surface area contributed by atoms with Crippen molar-refractivity contribution >= 4 is 27.5 Å². The van der Waals surface area contributed by atoms with E-state index in [0.29, 0.717) is 5.69 Å². The average Bonchev–Trinajstić information content (AvgIpc) is 2.75. The lowest BCUT2D eigenvalue weighted by molar-refractivity contribution is 0.601. The molecule has 0 amide bonds. The fourth-order valence-electron chi connectivity index (χ4n) is 3.04. The van der Waals surface area contributed by atoms with Gasteiger partial charge in [-0.2, -0.15) is 0 Å². The molecule has 9 heteroatoms. The molecule has 0 unspecified atom stereocenters. The summed E-state index contributed by atoms with van der Waals surface area (Å²) in [6, 6.07) is 13.6. The van der Waals surface area contributed by atoms with Crippen molar-refractivity contribution in [3.8, 4) is 0 Å². The summed E-state index contributed by atoms with van der Waals surface area (Å²) >= 11 is 0. The van der Waals surface area contributed by atoms with Gasteiger partial charge in [0.2, 0.25) is 5.95 Å². The van der Waals surface area contributed by atoms with E-state index in [0.717, 1.165) is 37.9 Å². The molecule has 144 valence electrons. The van der Waals surface area contributed by atoms with E-state index in [1.807, 2.05) is 6.07 Å². The van der Waals surface area contributed by atoms with Crippen molar-refractivity contribution in [1.82, 2.24) is 15.0 Å². The Morgan fingerprint density at radius 2 is 1.46 bits per heavy atom. The number of hydrogen-bond acceptors (Lipinski definition) is 7. The number of nitrogens with one attached hydrogen (secondary N) is 1. The van der Waals surface area contributed by atoms with Crippen LogP contribution in [-0.4, -0.2) is 49.5 Å². The second-order valence-corrected chi connectivity index (χ2v) is 8.03. The van der Waals surface area contributed by atoms with Gasteiger partial charge >= 0.3 is 0 Å². The van der Waals surface area contributed by atoms with Gasteiger partial charge < -0.3 is 9.80 Å². The molecule has 8 nitrogen and oxygen atoms in total. The fourth-order valence-corrected chi connectivity index (χ4v) is 4.10. The van der Waals surface area contributed by atoms with Gasteiger partial charge in [0, 0.05) is 38.6 Å². The highest BCUT2D eigenvalue weighted by Gasteiger charge is 2.20. The smallest absolute Gasteiger partial charge is 0.261 e. The van der Waals surface area contributed by atoms with E-state index in [2.05, 4.69) is 29.5 Å². The molecule has 1 aromatic carbocycles. The maximum absolute atomic E-state index is 12.4. The van der Waals surface area contributed by atoms with Crippen molar-refractivity contribution in [3.63, 3.8) is 0 Å². The number of nitrogens with zero attached hydrogens (tertiary/aromatic N) is 5. The first kappa shape index (κ1) is 18.2. The van der Waals surface area contributed by atoms with E-state index in [1.165, 1.54) is 0 Å². The van der Waals surface area contributed by atoms with Crippen molar-refractivity contribution in [2.45, 2.75) is 4.90 Å². The van der Waals surface area contributed by atoms with Crippen molar-refractivity contribution in [3.05, 3.63) is 67.1 Å². The number of pyridine rings is 1. The lowest BCUT2D eigenvalue weighted by Crippen LogP contribution is -2.47. The topological polar surface area (TPSA) is 91.3 Å². The van der Waals surface area contributed by atoms with E-state index in [4.69, 9.17) is 0 Å². The van der Waals surface area contributed by atoms with Crippen LogP contribution in [0.5, 0.6) is 0 Å². The summed E-state index contributed by atoms with van der Waals surface area (Å²) < 4.78 is 27.3. The highest BCUT2D eigenvalue weighted by atomic mass is 32.2. The molecule has 1 saturated heterocycles. The van der Waals surface area contributed by atoms with Crippen LogP contribution in [0.25, 0.3) is 0 Å². The predicted molar refractivity (Wildman–Crippen MR) is 108 cm³/mol. The van der Waals surface area contributed by atoms with Gasteiger partial charge in [-0.1, -0.05) is 18.2 Å². The zero-order valence-electron chi connectivity index (χ0n) is 15.1. The van der Waals surface area contributed by atoms with E-state index < -0.39 is 10.0 Å². The quantitative estimate of drug-likeness (QED) is 0.705. The summed E-state index contributed by atoms with van der Waals surface area (Å²) in [7, 11) is -3.61. The van der Waals surface area contributed by atoms with Crippen LogP contribution in [0.4, 0.5) is 17.5 Å². The van der Waals surface area contributed by atoms with Gasteiger partial charge in [-0.05, 0) is 30.3 Å². The highest BCUT2D eigenvalue weighted by molar-refractivity contribution is 7.92. The number of rotatable bonds is 5. The molecule has 28 heavy (non-hydrogen) atoms. The van der Waals surface area contributed by atoms with Gasteiger partial charge in [0.25, 0.3) is 10.0 Å². The van der Waals surface area contributed by atoms with Gasteiger partial charge in [0.05, 0.1) is 16.8 Å². The molecule has 0 spiro atoms. The van der Waals surface area contributed by atoms with Gasteiger partial charge in [-0.25, -0.2) is 23.4 Å². The van der Waals surface area contributed by atoms with Crippen molar-refractivity contribution in [2.24, 2.45) is 0 Å². The van der Waals surface area contributed by atoms with E-state index in [-0.39, 0.29) is 4.90 Å². The van der Waals surface area contributed by atoms with Crippen LogP contribution in [0.3, 0.4) is 0 Å². The van der Waals surface area contributed by atoms with E-state index >= 15 is 0 Å².